The van der Waals surface area contributed by atoms with E-state index in [0.29, 0.717) is 10.7 Å². The number of halogens is 1. The summed E-state index contributed by atoms with van der Waals surface area (Å²) in [5.74, 6) is 0. The Morgan fingerprint density at radius 3 is 2.77 bits per heavy atom. The highest BCUT2D eigenvalue weighted by Crippen LogP contribution is 2.26. The summed E-state index contributed by atoms with van der Waals surface area (Å²) in [6, 6.07) is 7.65. The molecule has 0 amide bonds. The molecule has 0 aliphatic carbocycles. The highest BCUT2D eigenvalue weighted by Gasteiger charge is 2.10. The molecular weight excluding hydrogens is 186 g/mol. The summed E-state index contributed by atoms with van der Waals surface area (Å²) in [5.41, 5.74) is 1.55. The largest absolute Gasteiger partial charge is 0.334 e. The zero-order valence-electron chi connectivity index (χ0n) is 7.12. The number of rotatable bonds is 1. The fourth-order valence-corrected chi connectivity index (χ4v) is 1.74. The Balaban J connectivity index is 2.98. The standard InChI is InChI=1S/C10H8ClNO/c1-12-9-5-3-2-4-7(9)8(6-13)10(12)11/h2-6H,1H3. The van der Waals surface area contributed by atoms with Crippen LogP contribution in [-0.2, 0) is 7.05 Å². The van der Waals surface area contributed by atoms with Gasteiger partial charge in [-0.3, -0.25) is 4.79 Å². The first-order valence-corrected chi connectivity index (χ1v) is 4.31. The van der Waals surface area contributed by atoms with Crippen LogP contribution in [-0.4, -0.2) is 10.9 Å². The van der Waals surface area contributed by atoms with E-state index in [1.165, 1.54) is 0 Å². The van der Waals surface area contributed by atoms with E-state index >= 15 is 0 Å². The third-order valence-electron chi connectivity index (χ3n) is 2.19. The molecule has 0 atom stereocenters. The van der Waals surface area contributed by atoms with Gasteiger partial charge < -0.3 is 4.57 Å². The normalized spacial score (nSPS) is 10.6. The Bertz CT molecular complexity index is 473. The average Bonchev–Trinajstić information content (AvgIpc) is 2.41. The van der Waals surface area contributed by atoms with Crippen molar-refractivity contribution in [1.82, 2.24) is 4.57 Å². The molecule has 0 bridgehead atoms. The Kier molecular flexibility index (Phi) is 1.85. The van der Waals surface area contributed by atoms with Crippen molar-refractivity contribution >= 4 is 28.8 Å². The smallest absolute Gasteiger partial charge is 0.153 e. The van der Waals surface area contributed by atoms with Gasteiger partial charge in [0, 0.05) is 18.0 Å². The quantitative estimate of drug-likeness (QED) is 0.639. The van der Waals surface area contributed by atoms with Gasteiger partial charge in [0.15, 0.2) is 6.29 Å². The number of benzene rings is 1. The molecule has 1 heterocycles. The van der Waals surface area contributed by atoms with Gasteiger partial charge in [0.1, 0.15) is 5.15 Å². The summed E-state index contributed by atoms with van der Waals surface area (Å²) < 4.78 is 1.81. The van der Waals surface area contributed by atoms with Gasteiger partial charge in [-0.25, -0.2) is 0 Å². The summed E-state index contributed by atoms with van der Waals surface area (Å²) in [5, 5.41) is 1.40. The van der Waals surface area contributed by atoms with Crippen molar-refractivity contribution in [3.63, 3.8) is 0 Å². The molecule has 0 saturated carbocycles. The van der Waals surface area contributed by atoms with Gasteiger partial charge in [-0.15, -0.1) is 0 Å². The second-order valence-corrected chi connectivity index (χ2v) is 3.26. The van der Waals surface area contributed by atoms with Crippen LogP contribution in [0.5, 0.6) is 0 Å². The molecule has 2 rings (SSSR count). The van der Waals surface area contributed by atoms with Crippen LogP contribution in [0.15, 0.2) is 24.3 Å². The zero-order valence-corrected chi connectivity index (χ0v) is 7.88. The molecule has 0 N–H and O–H groups in total. The molecule has 2 aromatic rings. The molecule has 0 radical (unpaired) electrons. The summed E-state index contributed by atoms with van der Waals surface area (Å²) in [6.45, 7) is 0. The van der Waals surface area contributed by atoms with E-state index in [-0.39, 0.29) is 0 Å². The molecule has 0 aliphatic heterocycles. The number of fused-ring (bicyclic) bond motifs is 1. The van der Waals surface area contributed by atoms with Gasteiger partial charge >= 0.3 is 0 Å². The van der Waals surface area contributed by atoms with E-state index in [0.717, 1.165) is 17.2 Å². The predicted molar refractivity (Wildman–Crippen MR) is 53.3 cm³/mol. The van der Waals surface area contributed by atoms with E-state index in [1.807, 2.05) is 31.3 Å². The minimum absolute atomic E-state index is 0.496. The highest BCUT2D eigenvalue weighted by molar-refractivity contribution is 6.34. The van der Waals surface area contributed by atoms with Crippen molar-refractivity contribution in [3.8, 4) is 0 Å². The Morgan fingerprint density at radius 2 is 2.08 bits per heavy atom. The molecule has 13 heavy (non-hydrogen) atoms. The van der Waals surface area contributed by atoms with Gasteiger partial charge in [0.05, 0.1) is 5.56 Å². The lowest BCUT2D eigenvalue weighted by atomic mass is 10.2. The van der Waals surface area contributed by atoms with E-state index in [9.17, 15) is 4.79 Å². The first-order chi connectivity index (χ1) is 6.25. The minimum atomic E-state index is 0.496. The fourth-order valence-electron chi connectivity index (χ4n) is 1.50. The minimum Gasteiger partial charge on any atom is -0.334 e. The Labute approximate surface area is 80.7 Å². The van der Waals surface area contributed by atoms with Crippen LogP contribution in [0.1, 0.15) is 10.4 Å². The molecule has 0 fully saturated rings. The van der Waals surface area contributed by atoms with Crippen molar-refractivity contribution < 1.29 is 4.79 Å². The topological polar surface area (TPSA) is 22.0 Å². The predicted octanol–water partition coefficient (Wildman–Crippen LogP) is 2.64. The second-order valence-electron chi connectivity index (χ2n) is 2.90. The summed E-state index contributed by atoms with van der Waals surface area (Å²) >= 11 is 5.97. The lowest BCUT2D eigenvalue weighted by Crippen LogP contribution is -1.86. The number of nitrogens with zero attached hydrogens (tertiary/aromatic N) is 1. The third kappa shape index (κ3) is 1.06. The second kappa shape index (κ2) is 2.89. The monoisotopic (exact) mass is 193 g/mol. The molecule has 66 valence electrons. The highest BCUT2D eigenvalue weighted by atomic mass is 35.5. The number of aryl methyl sites for hydroxylation is 1. The first-order valence-electron chi connectivity index (χ1n) is 3.94. The van der Waals surface area contributed by atoms with Crippen molar-refractivity contribution in [1.29, 1.82) is 0 Å². The molecule has 1 aromatic carbocycles. The van der Waals surface area contributed by atoms with Gasteiger partial charge in [-0.1, -0.05) is 29.8 Å². The third-order valence-corrected chi connectivity index (χ3v) is 2.65. The Hall–Kier alpha value is -1.28. The van der Waals surface area contributed by atoms with Gasteiger partial charge in [0.25, 0.3) is 0 Å². The number of carbonyl (C=O) groups excluding carboxylic acids is 1. The lowest BCUT2D eigenvalue weighted by Gasteiger charge is -1.94. The molecule has 0 saturated heterocycles. The molecule has 2 nitrogen and oxygen atoms in total. The van der Waals surface area contributed by atoms with Crippen LogP contribution in [0.4, 0.5) is 0 Å². The van der Waals surface area contributed by atoms with Gasteiger partial charge in [-0.2, -0.15) is 0 Å². The van der Waals surface area contributed by atoms with Crippen molar-refractivity contribution in [2.24, 2.45) is 7.05 Å². The number of aldehydes is 1. The van der Waals surface area contributed by atoms with Crippen LogP contribution in [0.25, 0.3) is 10.9 Å². The summed E-state index contributed by atoms with van der Waals surface area (Å²) in [4.78, 5) is 10.8. The first kappa shape index (κ1) is 8.32. The number of aromatic nitrogens is 1. The van der Waals surface area contributed by atoms with Crippen LogP contribution in [0.3, 0.4) is 0 Å². The fraction of sp³-hybridized carbons (Fsp3) is 0.100. The average molecular weight is 194 g/mol. The van der Waals surface area contributed by atoms with E-state index in [4.69, 9.17) is 11.6 Å². The molecule has 0 aliphatic rings. The molecule has 3 heteroatoms. The van der Waals surface area contributed by atoms with E-state index in [1.54, 1.807) is 4.57 Å². The number of para-hydroxylation sites is 1. The maximum atomic E-state index is 10.8. The number of hydrogen-bond acceptors (Lipinski definition) is 1. The SMILES string of the molecule is Cn1c(Cl)c(C=O)c2ccccc21. The van der Waals surface area contributed by atoms with Crippen LogP contribution in [0.2, 0.25) is 5.15 Å². The lowest BCUT2D eigenvalue weighted by molar-refractivity contribution is 0.112. The van der Waals surface area contributed by atoms with Crippen molar-refractivity contribution in [2.75, 3.05) is 0 Å². The van der Waals surface area contributed by atoms with Crippen LogP contribution >= 0.6 is 11.6 Å². The maximum Gasteiger partial charge on any atom is 0.153 e. The number of hydrogen-bond donors (Lipinski definition) is 0. The molecule has 0 unspecified atom stereocenters. The van der Waals surface area contributed by atoms with Gasteiger partial charge in [0.2, 0.25) is 0 Å². The number of carbonyl (C=O) groups is 1. The van der Waals surface area contributed by atoms with Gasteiger partial charge in [-0.05, 0) is 6.07 Å². The molecule has 1 aromatic heterocycles. The van der Waals surface area contributed by atoms with Crippen LogP contribution in [0, 0.1) is 0 Å². The Morgan fingerprint density at radius 1 is 1.38 bits per heavy atom. The summed E-state index contributed by atoms with van der Waals surface area (Å²) in [6.07, 6.45) is 0.796. The zero-order chi connectivity index (χ0) is 9.42. The maximum absolute atomic E-state index is 10.8. The van der Waals surface area contributed by atoms with Crippen LogP contribution < -0.4 is 0 Å². The van der Waals surface area contributed by atoms with Crippen molar-refractivity contribution in [2.45, 2.75) is 0 Å². The van der Waals surface area contributed by atoms with E-state index in [2.05, 4.69) is 0 Å². The van der Waals surface area contributed by atoms with E-state index < -0.39 is 0 Å². The molecular formula is C10H8ClNO. The molecule has 0 spiro atoms. The summed E-state index contributed by atoms with van der Waals surface area (Å²) in [7, 11) is 1.84. The van der Waals surface area contributed by atoms with Crippen molar-refractivity contribution in [3.05, 3.63) is 35.0 Å².